The van der Waals surface area contributed by atoms with Gasteiger partial charge in [0.05, 0.1) is 17.8 Å². The van der Waals surface area contributed by atoms with E-state index in [2.05, 4.69) is 5.10 Å². The summed E-state index contributed by atoms with van der Waals surface area (Å²) < 4.78 is 1.82. The molecule has 0 bridgehead atoms. The van der Waals surface area contributed by atoms with E-state index in [4.69, 9.17) is 0 Å². The molecule has 0 aliphatic heterocycles. The Balaban J connectivity index is 2.63. The first-order valence-corrected chi connectivity index (χ1v) is 4.28. The summed E-state index contributed by atoms with van der Waals surface area (Å²) in [6.45, 7) is 1.76. The number of benzene rings is 1. The molecule has 0 saturated carbocycles. The van der Waals surface area contributed by atoms with Crippen LogP contribution in [0, 0.1) is 0 Å². The van der Waals surface area contributed by atoms with Crippen molar-refractivity contribution in [3.8, 4) is 0 Å². The molecule has 68 valence electrons. The smallest absolute Gasteiger partial charge is 0.0762 e. The highest BCUT2D eigenvalue weighted by Crippen LogP contribution is 2.19. The van der Waals surface area contributed by atoms with Gasteiger partial charge < -0.3 is 5.11 Å². The van der Waals surface area contributed by atoms with Gasteiger partial charge in [-0.25, -0.2) is 0 Å². The minimum atomic E-state index is -0.412. The lowest BCUT2D eigenvalue weighted by Gasteiger charge is -2.03. The molecule has 1 N–H and O–H groups in total. The number of hydrogen-bond donors (Lipinski definition) is 1. The van der Waals surface area contributed by atoms with Crippen LogP contribution in [0.25, 0.3) is 10.9 Å². The maximum atomic E-state index is 9.36. The van der Waals surface area contributed by atoms with Crippen LogP contribution in [-0.2, 0) is 7.05 Å². The molecule has 13 heavy (non-hydrogen) atoms. The Hall–Kier alpha value is -1.35. The minimum Gasteiger partial charge on any atom is -0.389 e. The summed E-state index contributed by atoms with van der Waals surface area (Å²) in [6.07, 6.45) is 1.39. The zero-order valence-electron chi connectivity index (χ0n) is 7.73. The van der Waals surface area contributed by atoms with E-state index in [0.29, 0.717) is 0 Å². The van der Waals surface area contributed by atoms with Gasteiger partial charge >= 0.3 is 0 Å². The highest BCUT2D eigenvalue weighted by atomic mass is 16.3. The van der Waals surface area contributed by atoms with Crippen molar-refractivity contribution in [1.29, 1.82) is 0 Å². The number of aliphatic hydroxyl groups excluding tert-OH is 1. The van der Waals surface area contributed by atoms with Crippen molar-refractivity contribution in [2.45, 2.75) is 13.0 Å². The van der Waals surface area contributed by atoms with E-state index >= 15 is 0 Å². The van der Waals surface area contributed by atoms with Crippen molar-refractivity contribution in [3.05, 3.63) is 30.0 Å². The van der Waals surface area contributed by atoms with Crippen molar-refractivity contribution in [3.63, 3.8) is 0 Å². The van der Waals surface area contributed by atoms with Gasteiger partial charge in [0, 0.05) is 12.4 Å². The third-order valence-corrected chi connectivity index (χ3v) is 2.25. The predicted octanol–water partition coefficient (Wildman–Crippen LogP) is 1.63. The fourth-order valence-electron chi connectivity index (χ4n) is 1.44. The maximum absolute atomic E-state index is 9.36. The Morgan fingerprint density at radius 2 is 2.23 bits per heavy atom. The Morgan fingerprint density at radius 1 is 1.46 bits per heavy atom. The molecule has 1 atom stereocenters. The summed E-state index contributed by atoms with van der Waals surface area (Å²) >= 11 is 0. The van der Waals surface area contributed by atoms with Gasteiger partial charge in [-0.2, -0.15) is 5.10 Å². The topological polar surface area (TPSA) is 38.1 Å². The number of aromatic nitrogens is 2. The first kappa shape index (κ1) is 8.26. The predicted molar refractivity (Wildman–Crippen MR) is 51.3 cm³/mol. The van der Waals surface area contributed by atoms with Crippen LogP contribution >= 0.6 is 0 Å². The summed E-state index contributed by atoms with van der Waals surface area (Å²) in [7, 11) is 1.91. The number of hydrogen-bond acceptors (Lipinski definition) is 2. The van der Waals surface area contributed by atoms with E-state index < -0.39 is 6.10 Å². The molecular weight excluding hydrogens is 164 g/mol. The highest BCUT2D eigenvalue weighted by molar-refractivity contribution is 5.79. The van der Waals surface area contributed by atoms with Gasteiger partial charge in [0.15, 0.2) is 0 Å². The van der Waals surface area contributed by atoms with E-state index in [1.165, 1.54) is 0 Å². The molecule has 3 nitrogen and oxygen atoms in total. The fourth-order valence-corrected chi connectivity index (χ4v) is 1.44. The van der Waals surface area contributed by atoms with Gasteiger partial charge in [0.2, 0.25) is 0 Å². The summed E-state index contributed by atoms with van der Waals surface area (Å²) in [5, 5.41) is 14.6. The minimum absolute atomic E-state index is 0.412. The van der Waals surface area contributed by atoms with Crippen molar-refractivity contribution in [2.75, 3.05) is 0 Å². The van der Waals surface area contributed by atoms with Crippen LogP contribution in [0.5, 0.6) is 0 Å². The lowest BCUT2D eigenvalue weighted by molar-refractivity contribution is 0.199. The third kappa shape index (κ3) is 1.31. The number of aryl methyl sites for hydroxylation is 1. The molecule has 0 amide bonds. The molecular formula is C10H12N2O. The first-order chi connectivity index (χ1) is 6.18. The largest absolute Gasteiger partial charge is 0.389 e. The van der Waals surface area contributed by atoms with E-state index in [9.17, 15) is 5.11 Å². The summed E-state index contributed by atoms with van der Waals surface area (Å²) in [6, 6.07) is 5.87. The monoisotopic (exact) mass is 176 g/mol. The highest BCUT2D eigenvalue weighted by Gasteiger charge is 2.03. The third-order valence-electron chi connectivity index (χ3n) is 2.25. The van der Waals surface area contributed by atoms with Gasteiger partial charge in [-0.05, 0) is 24.6 Å². The van der Waals surface area contributed by atoms with Gasteiger partial charge in [-0.15, -0.1) is 0 Å². The Bertz CT molecular complexity index is 431. The summed E-state index contributed by atoms with van der Waals surface area (Å²) in [5.74, 6) is 0. The van der Waals surface area contributed by atoms with Crippen LogP contribution in [0.15, 0.2) is 24.4 Å². The van der Waals surface area contributed by atoms with E-state index in [1.807, 2.05) is 29.9 Å². The average molecular weight is 176 g/mol. The zero-order chi connectivity index (χ0) is 9.42. The van der Waals surface area contributed by atoms with Crippen LogP contribution in [0.4, 0.5) is 0 Å². The van der Waals surface area contributed by atoms with Gasteiger partial charge in [0.25, 0.3) is 0 Å². The number of nitrogens with zero attached hydrogens (tertiary/aromatic N) is 2. The molecule has 2 rings (SSSR count). The molecule has 1 aromatic carbocycles. The molecule has 0 spiro atoms. The van der Waals surface area contributed by atoms with Gasteiger partial charge in [-0.1, -0.05) is 6.07 Å². The van der Waals surface area contributed by atoms with E-state index in [1.54, 1.807) is 13.1 Å². The summed E-state index contributed by atoms with van der Waals surface area (Å²) in [4.78, 5) is 0. The van der Waals surface area contributed by atoms with Crippen molar-refractivity contribution < 1.29 is 5.11 Å². The quantitative estimate of drug-likeness (QED) is 0.717. The lowest BCUT2D eigenvalue weighted by atomic mass is 10.1. The number of fused-ring (bicyclic) bond motifs is 1. The van der Waals surface area contributed by atoms with Crippen molar-refractivity contribution in [1.82, 2.24) is 9.78 Å². The summed E-state index contributed by atoms with van der Waals surface area (Å²) in [5.41, 5.74) is 2.02. The van der Waals surface area contributed by atoms with E-state index in [0.717, 1.165) is 16.5 Å². The zero-order valence-corrected chi connectivity index (χ0v) is 7.73. The molecule has 0 saturated heterocycles. The van der Waals surface area contributed by atoms with Crippen LogP contribution in [-0.4, -0.2) is 14.9 Å². The van der Waals surface area contributed by atoms with Crippen LogP contribution in [0.2, 0.25) is 0 Å². The van der Waals surface area contributed by atoms with Crippen LogP contribution in [0.3, 0.4) is 0 Å². The molecule has 1 unspecified atom stereocenters. The Labute approximate surface area is 76.6 Å². The SMILES string of the molecule is CC(O)c1ccc2c(cnn2C)c1. The fraction of sp³-hybridized carbons (Fsp3) is 0.300. The Morgan fingerprint density at radius 3 is 2.92 bits per heavy atom. The molecule has 0 fully saturated rings. The second kappa shape index (κ2) is 2.85. The molecule has 0 aliphatic rings. The van der Waals surface area contributed by atoms with Crippen LogP contribution < -0.4 is 0 Å². The van der Waals surface area contributed by atoms with E-state index in [-0.39, 0.29) is 0 Å². The molecule has 1 heterocycles. The molecule has 2 aromatic rings. The normalized spacial score (nSPS) is 13.5. The lowest BCUT2D eigenvalue weighted by Crippen LogP contribution is -1.91. The second-order valence-corrected chi connectivity index (χ2v) is 3.26. The Kier molecular flexibility index (Phi) is 1.81. The molecule has 0 radical (unpaired) electrons. The van der Waals surface area contributed by atoms with Crippen LogP contribution in [0.1, 0.15) is 18.6 Å². The number of rotatable bonds is 1. The van der Waals surface area contributed by atoms with Gasteiger partial charge in [0.1, 0.15) is 0 Å². The maximum Gasteiger partial charge on any atom is 0.0762 e. The second-order valence-electron chi connectivity index (χ2n) is 3.26. The van der Waals surface area contributed by atoms with Crippen molar-refractivity contribution >= 4 is 10.9 Å². The first-order valence-electron chi connectivity index (χ1n) is 4.28. The van der Waals surface area contributed by atoms with Gasteiger partial charge in [-0.3, -0.25) is 4.68 Å². The molecule has 1 aromatic heterocycles. The number of aliphatic hydroxyl groups is 1. The average Bonchev–Trinajstić information content (AvgIpc) is 2.47. The van der Waals surface area contributed by atoms with Crippen molar-refractivity contribution in [2.24, 2.45) is 7.05 Å². The standard InChI is InChI=1S/C10H12N2O/c1-7(13)8-3-4-10-9(5-8)6-11-12(10)2/h3-7,13H,1-2H3. The molecule has 0 aliphatic carbocycles. The molecule has 3 heteroatoms.